The summed E-state index contributed by atoms with van der Waals surface area (Å²) < 4.78 is 5.34. The third-order valence-electron chi connectivity index (χ3n) is 3.79. The third kappa shape index (κ3) is 3.16. The molecule has 1 saturated heterocycles. The first-order valence-electron chi connectivity index (χ1n) is 7.85. The Bertz CT molecular complexity index is 871. The van der Waals surface area contributed by atoms with Crippen LogP contribution in [0.1, 0.15) is 36.0 Å². The molecule has 0 bridgehead atoms. The van der Waals surface area contributed by atoms with Gasteiger partial charge in [-0.2, -0.15) is 4.98 Å². The number of nitrogens with zero attached hydrogens (tertiary/aromatic N) is 4. The Labute approximate surface area is 139 Å². The minimum absolute atomic E-state index is 0.162. The summed E-state index contributed by atoms with van der Waals surface area (Å²) in [5, 5.41) is 7.36. The van der Waals surface area contributed by atoms with Crippen molar-refractivity contribution in [2.24, 2.45) is 0 Å². The fraction of sp³-hybridized carbons (Fsp3) is 0.222. The van der Waals surface area contributed by atoms with E-state index in [-0.39, 0.29) is 6.04 Å². The Balaban J connectivity index is 1.51. The summed E-state index contributed by atoms with van der Waals surface area (Å²) in [5.41, 5.74) is 2.21. The zero-order chi connectivity index (χ0) is 16.2. The van der Waals surface area contributed by atoms with Gasteiger partial charge in [-0.05, 0) is 49.6 Å². The van der Waals surface area contributed by atoms with E-state index < -0.39 is 0 Å². The summed E-state index contributed by atoms with van der Waals surface area (Å²) in [4.78, 5) is 13.0. The van der Waals surface area contributed by atoms with Gasteiger partial charge in [0.05, 0.1) is 6.04 Å². The molecular formula is C18H15N5O. The van der Waals surface area contributed by atoms with E-state index >= 15 is 0 Å². The molecule has 0 aliphatic carbocycles. The van der Waals surface area contributed by atoms with E-state index in [0.717, 1.165) is 30.6 Å². The topological polar surface area (TPSA) is 76.7 Å². The van der Waals surface area contributed by atoms with E-state index in [9.17, 15) is 0 Å². The maximum absolute atomic E-state index is 5.34. The number of hydrogen-bond acceptors (Lipinski definition) is 6. The zero-order valence-electron chi connectivity index (χ0n) is 12.9. The highest BCUT2D eigenvalue weighted by atomic mass is 16.5. The van der Waals surface area contributed by atoms with Gasteiger partial charge in [0.1, 0.15) is 11.4 Å². The van der Waals surface area contributed by atoms with E-state index in [1.165, 1.54) is 0 Å². The van der Waals surface area contributed by atoms with Gasteiger partial charge in [-0.1, -0.05) is 17.1 Å². The molecule has 0 amide bonds. The van der Waals surface area contributed by atoms with Crippen LogP contribution in [0.25, 0.3) is 11.5 Å². The smallest absolute Gasteiger partial charge is 0.244 e. The molecule has 1 atom stereocenters. The Hall–Kier alpha value is -3.04. The average Bonchev–Trinajstić information content (AvgIpc) is 3.33. The molecule has 4 rings (SSSR count). The molecule has 1 unspecified atom stereocenters. The number of hydrogen-bond donors (Lipinski definition) is 1. The van der Waals surface area contributed by atoms with Gasteiger partial charge in [0, 0.05) is 18.0 Å². The Morgan fingerprint density at radius 3 is 2.88 bits per heavy atom. The SMILES string of the molecule is C(#Cc1ccccn1)c1ccc(-c2noc(C3CCCN3)n2)nc1. The lowest BCUT2D eigenvalue weighted by molar-refractivity contribution is 0.345. The minimum Gasteiger partial charge on any atom is -0.337 e. The number of rotatable bonds is 2. The largest absolute Gasteiger partial charge is 0.337 e. The predicted molar refractivity (Wildman–Crippen MR) is 87.7 cm³/mol. The first kappa shape index (κ1) is 14.5. The Kier molecular flexibility index (Phi) is 4.00. The average molecular weight is 317 g/mol. The summed E-state index contributed by atoms with van der Waals surface area (Å²) in [7, 11) is 0. The fourth-order valence-corrected chi connectivity index (χ4v) is 2.55. The summed E-state index contributed by atoms with van der Waals surface area (Å²) in [6.07, 6.45) is 5.58. The van der Waals surface area contributed by atoms with E-state index in [4.69, 9.17) is 4.52 Å². The molecule has 1 aliphatic rings. The van der Waals surface area contributed by atoms with E-state index in [0.29, 0.717) is 17.4 Å². The number of pyridine rings is 2. The lowest BCUT2D eigenvalue weighted by atomic mass is 10.2. The molecule has 3 aromatic heterocycles. The van der Waals surface area contributed by atoms with Crippen LogP contribution >= 0.6 is 0 Å². The quantitative estimate of drug-likeness (QED) is 0.731. The Morgan fingerprint density at radius 2 is 2.12 bits per heavy atom. The van der Waals surface area contributed by atoms with Crippen molar-refractivity contribution in [2.45, 2.75) is 18.9 Å². The second-order valence-corrected chi connectivity index (χ2v) is 5.50. The summed E-state index contributed by atoms with van der Waals surface area (Å²) >= 11 is 0. The number of nitrogens with one attached hydrogen (secondary N) is 1. The summed E-state index contributed by atoms with van der Waals surface area (Å²) in [5.74, 6) is 7.17. The number of aromatic nitrogens is 4. The van der Waals surface area contributed by atoms with Crippen LogP contribution in [0.3, 0.4) is 0 Å². The van der Waals surface area contributed by atoms with Crippen molar-refractivity contribution < 1.29 is 4.52 Å². The van der Waals surface area contributed by atoms with Gasteiger partial charge in [0.25, 0.3) is 0 Å². The standard InChI is InChI=1S/C18H15N5O/c1-2-10-19-14(4-1)8-6-13-7-9-15(21-12-13)17-22-18(24-23-17)16-5-3-11-20-16/h1-2,4,7,9-10,12,16,20H,3,5,11H2. The van der Waals surface area contributed by atoms with E-state index in [2.05, 4.69) is 37.3 Å². The van der Waals surface area contributed by atoms with E-state index in [1.807, 2.05) is 30.3 Å². The van der Waals surface area contributed by atoms with Gasteiger partial charge < -0.3 is 9.84 Å². The van der Waals surface area contributed by atoms with Crippen molar-refractivity contribution in [3.63, 3.8) is 0 Å². The first-order valence-corrected chi connectivity index (χ1v) is 7.85. The molecule has 0 radical (unpaired) electrons. The molecule has 1 N–H and O–H groups in total. The van der Waals surface area contributed by atoms with Crippen LogP contribution in [-0.4, -0.2) is 26.7 Å². The third-order valence-corrected chi connectivity index (χ3v) is 3.79. The maximum atomic E-state index is 5.34. The lowest BCUT2D eigenvalue weighted by Gasteiger charge is -2.01. The van der Waals surface area contributed by atoms with Crippen LogP contribution in [0.4, 0.5) is 0 Å². The van der Waals surface area contributed by atoms with Crippen molar-refractivity contribution in [2.75, 3.05) is 6.54 Å². The van der Waals surface area contributed by atoms with Crippen molar-refractivity contribution in [1.29, 1.82) is 0 Å². The van der Waals surface area contributed by atoms with Gasteiger partial charge in [-0.25, -0.2) is 4.98 Å². The molecule has 0 saturated carbocycles. The monoisotopic (exact) mass is 317 g/mol. The molecule has 1 aliphatic heterocycles. The van der Waals surface area contributed by atoms with Crippen molar-refractivity contribution >= 4 is 0 Å². The molecule has 3 aromatic rings. The van der Waals surface area contributed by atoms with Crippen molar-refractivity contribution in [3.05, 3.63) is 59.9 Å². The van der Waals surface area contributed by atoms with Crippen LogP contribution in [0.2, 0.25) is 0 Å². The van der Waals surface area contributed by atoms with Crippen LogP contribution < -0.4 is 5.32 Å². The normalized spacial score (nSPS) is 16.6. The maximum Gasteiger partial charge on any atom is 0.244 e. The highest BCUT2D eigenvalue weighted by molar-refractivity contribution is 5.50. The lowest BCUT2D eigenvalue weighted by Crippen LogP contribution is -2.12. The molecule has 1 fully saturated rings. The highest BCUT2D eigenvalue weighted by Crippen LogP contribution is 2.23. The summed E-state index contributed by atoms with van der Waals surface area (Å²) in [6, 6.07) is 9.54. The van der Waals surface area contributed by atoms with Crippen LogP contribution in [-0.2, 0) is 0 Å². The fourth-order valence-electron chi connectivity index (χ4n) is 2.55. The molecule has 118 valence electrons. The van der Waals surface area contributed by atoms with Gasteiger partial charge in [-0.3, -0.25) is 4.98 Å². The molecule has 6 heteroatoms. The summed E-state index contributed by atoms with van der Waals surface area (Å²) in [6.45, 7) is 0.990. The molecular weight excluding hydrogens is 302 g/mol. The van der Waals surface area contributed by atoms with Gasteiger partial charge in [-0.15, -0.1) is 0 Å². The van der Waals surface area contributed by atoms with Gasteiger partial charge in [0.15, 0.2) is 0 Å². The molecule has 24 heavy (non-hydrogen) atoms. The Morgan fingerprint density at radius 1 is 1.12 bits per heavy atom. The second-order valence-electron chi connectivity index (χ2n) is 5.50. The molecule has 0 spiro atoms. The van der Waals surface area contributed by atoms with Crippen molar-refractivity contribution in [1.82, 2.24) is 25.4 Å². The van der Waals surface area contributed by atoms with Crippen LogP contribution in [0, 0.1) is 11.8 Å². The zero-order valence-corrected chi connectivity index (χ0v) is 12.9. The molecule has 0 aromatic carbocycles. The van der Waals surface area contributed by atoms with Crippen molar-refractivity contribution in [3.8, 4) is 23.4 Å². The van der Waals surface area contributed by atoms with Crippen LogP contribution in [0.15, 0.2) is 47.2 Å². The van der Waals surface area contributed by atoms with Gasteiger partial charge >= 0.3 is 0 Å². The highest BCUT2D eigenvalue weighted by Gasteiger charge is 2.22. The minimum atomic E-state index is 0.162. The van der Waals surface area contributed by atoms with E-state index in [1.54, 1.807) is 12.4 Å². The predicted octanol–water partition coefficient (Wildman–Crippen LogP) is 2.35. The first-order chi connectivity index (χ1) is 11.9. The molecule has 6 nitrogen and oxygen atoms in total. The van der Waals surface area contributed by atoms with Crippen LogP contribution in [0.5, 0.6) is 0 Å². The second kappa shape index (κ2) is 6.60. The molecule has 4 heterocycles. The van der Waals surface area contributed by atoms with Gasteiger partial charge in [0.2, 0.25) is 11.7 Å².